The number of hydrogen-bond donors (Lipinski definition) is 0. The zero-order chi connectivity index (χ0) is 9.42. The Balaban J connectivity index is 0.000000980. The Morgan fingerprint density at radius 1 is 1.64 bits per heavy atom. The number of thiophene rings is 1. The minimum Gasteiger partial charge on any atom is -0.544 e. The number of rotatable bonds is 1. The molecular weight excluding hydrogens is 193 g/mol. The molecule has 1 aliphatic heterocycles. The van der Waals surface area contributed by atoms with E-state index in [4.69, 9.17) is 0 Å². The van der Waals surface area contributed by atoms with Gasteiger partial charge in [-0.05, 0) is 25.1 Å². The molecule has 0 fully saturated rings. The molecule has 0 amide bonds. The fraction of sp³-hybridized carbons (Fsp3) is 0.444. The Hall–Kier alpha value is -0.273. The zero-order valence-corrected chi connectivity index (χ0v) is 9.19. The SMILES string of the molecule is CN1CCc2cc(C(=O)[O-])sc2C1.[Li+]. The Morgan fingerprint density at radius 2 is 2.36 bits per heavy atom. The van der Waals surface area contributed by atoms with Gasteiger partial charge in [0, 0.05) is 18.0 Å². The van der Waals surface area contributed by atoms with Gasteiger partial charge in [-0.1, -0.05) is 0 Å². The minimum absolute atomic E-state index is 0. The molecule has 0 saturated carbocycles. The average Bonchev–Trinajstić information content (AvgIpc) is 2.46. The third-order valence-corrected chi connectivity index (χ3v) is 3.42. The number of nitrogens with zero attached hydrogens (tertiary/aromatic N) is 1. The van der Waals surface area contributed by atoms with Gasteiger partial charge in [-0.2, -0.15) is 0 Å². The van der Waals surface area contributed by atoms with Crippen molar-refractivity contribution in [1.29, 1.82) is 0 Å². The molecule has 0 spiro atoms. The molecule has 14 heavy (non-hydrogen) atoms. The second-order valence-electron chi connectivity index (χ2n) is 3.33. The summed E-state index contributed by atoms with van der Waals surface area (Å²) < 4.78 is 0. The van der Waals surface area contributed by atoms with Crippen LogP contribution < -0.4 is 24.0 Å². The number of carboxylic acids is 1. The summed E-state index contributed by atoms with van der Waals surface area (Å²) in [4.78, 5) is 14.3. The summed E-state index contributed by atoms with van der Waals surface area (Å²) in [6.45, 7) is 1.88. The van der Waals surface area contributed by atoms with E-state index in [2.05, 4.69) is 4.90 Å². The van der Waals surface area contributed by atoms with Crippen LogP contribution >= 0.6 is 11.3 Å². The number of aromatic carboxylic acids is 1. The molecule has 5 heteroatoms. The van der Waals surface area contributed by atoms with Crippen LogP contribution in [0.15, 0.2) is 6.07 Å². The molecule has 0 radical (unpaired) electrons. The van der Waals surface area contributed by atoms with Crippen molar-refractivity contribution in [2.24, 2.45) is 0 Å². The van der Waals surface area contributed by atoms with Gasteiger partial charge in [0.2, 0.25) is 0 Å². The normalized spacial score (nSPS) is 15.8. The summed E-state index contributed by atoms with van der Waals surface area (Å²) in [5.41, 5.74) is 1.18. The van der Waals surface area contributed by atoms with Crippen molar-refractivity contribution in [3.8, 4) is 0 Å². The molecule has 0 bridgehead atoms. The maximum absolute atomic E-state index is 10.6. The fourth-order valence-electron chi connectivity index (χ4n) is 1.55. The first kappa shape index (κ1) is 11.8. The molecule has 1 aromatic heterocycles. The van der Waals surface area contributed by atoms with Crippen LogP contribution in [0.5, 0.6) is 0 Å². The van der Waals surface area contributed by atoms with Gasteiger partial charge in [0.15, 0.2) is 0 Å². The summed E-state index contributed by atoms with van der Waals surface area (Å²) in [7, 11) is 2.04. The first-order valence-corrected chi connectivity index (χ1v) is 5.00. The van der Waals surface area contributed by atoms with Crippen molar-refractivity contribution < 1.29 is 28.8 Å². The van der Waals surface area contributed by atoms with Crippen LogP contribution in [0.1, 0.15) is 20.1 Å². The van der Waals surface area contributed by atoms with Crippen LogP contribution in [0.4, 0.5) is 0 Å². The Kier molecular flexibility index (Phi) is 3.79. The third-order valence-electron chi connectivity index (χ3n) is 2.27. The van der Waals surface area contributed by atoms with Gasteiger partial charge in [-0.25, -0.2) is 0 Å². The van der Waals surface area contributed by atoms with Crippen molar-refractivity contribution in [3.05, 3.63) is 21.4 Å². The molecule has 0 unspecified atom stereocenters. The Morgan fingerprint density at radius 3 is 3.00 bits per heavy atom. The number of likely N-dealkylation sites (N-methyl/N-ethyl adjacent to an activating group) is 1. The second kappa shape index (κ2) is 4.50. The van der Waals surface area contributed by atoms with Crippen molar-refractivity contribution in [2.75, 3.05) is 13.6 Å². The predicted molar refractivity (Wildman–Crippen MR) is 48.7 cm³/mol. The molecule has 0 saturated heterocycles. The van der Waals surface area contributed by atoms with Crippen LogP contribution in [-0.2, 0) is 13.0 Å². The number of carbonyl (C=O) groups excluding carboxylic acids is 1. The predicted octanol–water partition coefficient (Wildman–Crippen LogP) is -2.90. The summed E-state index contributed by atoms with van der Waals surface area (Å²) >= 11 is 1.34. The number of hydrogen-bond acceptors (Lipinski definition) is 4. The first-order valence-electron chi connectivity index (χ1n) is 4.18. The summed E-state index contributed by atoms with van der Waals surface area (Å²) in [5, 5.41) is 10.6. The van der Waals surface area contributed by atoms with Crippen LogP contribution in [0.3, 0.4) is 0 Å². The topological polar surface area (TPSA) is 43.4 Å². The van der Waals surface area contributed by atoms with E-state index >= 15 is 0 Å². The maximum atomic E-state index is 10.6. The Labute approximate surface area is 98.9 Å². The molecule has 0 aliphatic carbocycles. The van der Waals surface area contributed by atoms with Gasteiger partial charge in [0.05, 0.1) is 10.8 Å². The van der Waals surface area contributed by atoms with E-state index in [1.54, 1.807) is 6.07 Å². The van der Waals surface area contributed by atoms with Crippen molar-refractivity contribution in [2.45, 2.75) is 13.0 Å². The third kappa shape index (κ3) is 2.21. The molecule has 0 atom stereocenters. The van der Waals surface area contributed by atoms with Crippen LogP contribution in [0.25, 0.3) is 0 Å². The molecule has 3 nitrogen and oxygen atoms in total. The number of carbonyl (C=O) groups is 1. The van der Waals surface area contributed by atoms with E-state index in [9.17, 15) is 9.90 Å². The molecular formula is C9H10LiNO2S. The van der Waals surface area contributed by atoms with Gasteiger partial charge in [-0.3, -0.25) is 0 Å². The van der Waals surface area contributed by atoms with E-state index in [0.717, 1.165) is 19.5 Å². The van der Waals surface area contributed by atoms with E-state index < -0.39 is 5.97 Å². The molecule has 2 rings (SSSR count). The van der Waals surface area contributed by atoms with Gasteiger partial charge in [0.1, 0.15) is 0 Å². The van der Waals surface area contributed by atoms with Gasteiger partial charge in [0.25, 0.3) is 0 Å². The van der Waals surface area contributed by atoms with E-state index in [1.165, 1.54) is 21.8 Å². The monoisotopic (exact) mass is 203 g/mol. The molecule has 1 aliphatic rings. The summed E-state index contributed by atoms with van der Waals surface area (Å²) in [6, 6.07) is 1.75. The first-order chi connectivity index (χ1) is 6.16. The largest absolute Gasteiger partial charge is 1.00 e. The maximum Gasteiger partial charge on any atom is 1.00 e. The number of fused-ring (bicyclic) bond motifs is 1. The average molecular weight is 203 g/mol. The van der Waals surface area contributed by atoms with Crippen molar-refractivity contribution >= 4 is 17.3 Å². The minimum atomic E-state index is -1.05. The zero-order valence-electron chi connectivity index (χ0n) is 8.37. The fourth-order valence-corrected chi connectivity index (χ4v) is 2.67. The van der Waals surface area contributed by atoms with Gasteiger partial charge < -0.3 is 14.8 Å². The molecule has 0 N–H and O–H groups in total. The van der Waals surface area contributed by atoms with E-state index in [-0.39, 0.29) is 18.9 Å². The van der Waals surface area contributed by atoms with Gasteiger partial charge in [-0.15, -0.1) is 11.3 Å². The molecule has 0 aromatic carbocycles. The van der Waals surface area contributed by atoms with Crippen LogP contribution in [0, 0.1) is 0 Å². The molecule has 70 valence electrons. The smallest absolute Gasteiger partial charge is 0.544 e. The Bertz CT molecular complexity index is 351. The molecule has 2 heterocycles. The van der Waals surface area contributed by atoms with Gasteiger partial charge >= 0.3 is 18.9 Å². The summed E-state index contributed by atoms with van der Waals surface area (Å²) in [6.07, 6.45) is 0.954. The van der Waals surface area contributed by atoms with Crippen LogP contribution in [0.2, 0.25) is 0 Å². The van der Waals surface area contributed by atoms with Crippen molar-refractivity contribution in [3.63, 3.8) is 0 Å². The van der Waals surface area contributed by atoms with E-state index in [0.29, 0.717) is 4.88 Å². The van der Waals surface area contributed by atoms with E-state index in [1.807, 2.05) is 7.05 Å². The van der Waals surface area contributed by atoms with Crippen molar-refractivity contribution in [1.82, 2.24) is 4.90 Å². The standard InChI is InChI=1S/C9H11NO2S.Li/c1-10-3-2-6-4-7(9(11)12)13-8(6)5-10;/h4H,2-3,5H2,1H3,(H,11,12);/q;+1/p-1. The quantitative estimate of drug-likeness (QED) is 0.460. The van der Waals surface area contributed by atoms with Crippen LogP contribution in [-0.4, -0.2) is 24.5 Å². The summed E-state index contributed by atoms with van der Waals surface area (Å²) in [5.74, 6) is -1.05. The second-order valence-corrected chi connectivity index (χ2v) is 4.47. The number of carboxylic acid groups (broad SMARTS) is 1. The molecule has 1 aromatic rings.